The van der Waals surface area contributed by atoms with Gasteiger partial charge in [0.25, 0.3) is 5.91 Å². The Morgan fingerprint density at radius 2 is 1.10 bits per heavy atom. The first-order chi connectivity index (χ1) is 23.7. The minimum atomic E-state index is -1.12. The molecule has 0 spiro atoms. The molecule has 0 unspecified atom stereocenters. The van der Waals surface area contributed by atoms with Crippen LogP contribution >= 0.6 is 11.6 Å². The molecular formula is C42H53ClN2O4. The van der Waals surface area contributed by atoms with Gasteiger partial charge in [-0.05, 0) is 114 Å². The highest BCUT2D eigenvalue weighted by Crippen LogP contribution is 2.21. The first-order valence-electron chi connectivity index (χ1n) is 17.3. The van der Waals surface area contributed by atoms with Gasteiger partial charge in [-0.15, -0.1) is 0 Å². The average molecular weight is 685 g/mol. The Balaban J connectivity index is 1.51. The lowest BCUT2D eigenvalue weighted by atomic mass is 10.0. The Morgan fingerprint density at radius 1 is 0.653 bits per heavy atom. The van der Waals surface area contributed by atoms with E-state index in [9.17, 15) is 14.4 Å². The fraction of sp³-hybridized carbons (Fsp3) is 0.357. The maximum Gasteiger partial charge on any atom is 0.263 e. The van der Waals surface area contributed by atoms with E-state index in [-0.39, 0.29) is 17.6 Å². The zero-order chi connectivity index (χ0) is 35.6. The van der Waals surface area contributed by atoms with Crippen molar-refractivity contribution in [1.82, 2.24) is 10.6 Å². The number of allylic oxidation sites excluding steroid dienone is 12. The molecule has 0 saturated heterocycles. The Labute approximate surface area is 298 Å². The lowest BCUT2D eigenvalue weighted by Gasteiger charge is -2.25. The van der Waals surface area contributed by atoms with Gasteiger partial charge in [-0.25, -0.2) is 0 Å². The fourth-order valence-electron chi connectivity index (χ4n) is 4.46. The highest BCUT2D eigenvalue weighted by atomic mass is 35.5. The first-order valence-corrected chi connectivity index (χ1v) is 17.6. The Morgan fingerprint density at radius 3 is 1.61 bits per heavy atom. The molecule has 0 aliphatic rings. The van der Waals surface area contributed by atoms with Crippen molar-refractivity contribution in [2.24, 2.45) is 0 Å². The van der Waals surface area contributed by atoms with Gasteiger partial charge in [0.1, 0.15) is 5.75 Å². The van der Waals surface area contributed by atoms with Crippen molar-refractivity contribution in [3.05, 3.63) is 138 Å². The number of ketones is 1. The molecule has 2 amide bonds. The van der Waals surface area contributed by atoms with Crippen LogP contribution in [0, 0.1) is 0 Å². The summed E-state index contributed by atoms with van der Waals surface area (Å²) in [4.78, 5) is 37.6. The molecule has 262 valence electrons. The second-order valence-corrected chi connectivity index (χ2v) is 12.3. The number of carbonyl (C=O) groups excluding carboxylic acids is 3. The number of carbonyl (C=O) groups is 3. The van der Waals surface area contributed by atoms with Gasteiger partial charge in [0.15, 0.2) is 11.4 Å². The second-order valence-electron chi connectivity index (χ2n) is 11.9. The zero-order valence-corrected chi connectivity index (χ0v) is 30.1. The van der Waals surface area contributed by atoms with Crippen LogP contribution in [0.5, 0.6) is 5.75 Å². The van der Waals surface area contributed by atoms with Crippen LogP contribution in [0.25, 0.3) is 0 Å². The quantitative estimate of drug-likeness (QED) is 0.0693. The van der Waals surface area contributed by atoms with Gasteiger partial charge in [-0.1, -0.05) is 91.4 Å². The smallest absolute Gasteiger partial charge is 0.263 e. The van der Waals surface area contributed by atoms with Crippen LogP contribution in [0.1, 0.15) is 94.5 Å². The van der Waals surface area contributed by atoms with Gasteiger partial charge in [0.05, 0.1) is 0 Å². The lowest BCUT2D eigenvalue weighted by molar-refractivity contribution is -0.134. The average Bonchev–Trinajstić information content (AvgIpc) is 3.09. The van der Waals surface area contributed by atoms with Gasteiger partial charge in [-0.2, -0.15) is 0 Å². The monoisotopic (exact) mass is 684 g/mol. The number of benzene rings is 2. The van der Waals surface area contributed by atoms with Gasteiger partial charge in [0, 0.05) is 35.7 Å². The van der Waals surface area contributed by atoms with Crippen LogP contribution in [0.15, 0.2) is 121 Å². The number of amides is 2. The van der Waals surface area contributed by atoms with E-state index in [1.54, 1.807) is 62.4 Å². The Bertz CT molecular complexity index is 1450. The summed E-state index contributed by atoms with van der Waals surface area (Å²) in [7, 11) is 0. The van der Waals surface area contributed by atoms with E-state index in [1.165, 1.54) is 0 Å². The van der Waals surface area contributed by atoms with E-state index in [1.807, 2.05) is 6.08 Å². The number of ether oxygens (including phenoxy) is 1. The number of halogens is 1. The van der Waals surface area contributed by atoms with Gasteiger partial charge in [-0.3, -0.25) is 14.4 Å². The van der Waals surface area contributed by atoms with E-state index in [4.69, 9.17) is 16.3 Å². The summed E-state index contributed by atoms with van der Waals surface area (Å²) in [5, 5.41) is 6.34. The van der Waals surface area contributed by atoms with Crippen LogP contribution in [-0.2, 0) is 9.59 Å². The van der Waals surface area contributed by atoms with Crippen LogP contribution in [0.3, 0.4) is 0 Å². The molecule has 0 saturated carbocycles. The van der Waals surface area contributed by atoms with Crippen LogP contribution in [0.4, 0.5) is 0 Å². The SMILES string of the molecule is CC/C=C\C/C=C\C/C=C\C/C=C\C/C=C\C/C=C\CCC(=O)NCCCNC(=O)C(C)(C)Oc1ccc(C(=O)c2ccc(Cl)cc2)cc1. The summed E-state index contributed by atoms with van der Waals surface area (Å²) in [6.45, 7) is 6.41. The largest absolute Gasteiger partial charge is 0.478 e. The molecule has 0 aliphatic heterocycles. The topological polar surface area (TPSA) is 84.5 Å². The van der Waals surface area contributed by atoms with Crippen molar-refractivity contribution < 1.29 is 19.1 Å². The van der Waals surface area contributed by atoms with Gasteiger partial charge < -0.3 is 15.4 Å². The fourth-order valence-corrected chi connectivity index (χ4v) is 4.58. The molecule has 0 heterocycles. The zero-order valence-electron chi connectivity index (χ0n) is 29.3. The summed E-state index contributed by atoms with van der Waals surface area (Å²) >= 11 is 5.91. The molecule has 2 rings (SSSR count). The molecule has 49 heavy (non-hydrogen) atoms. The third-order valence-corrected chi connectivity index (χ3v) is 7.49. The predicted octanol–water partition coefficient (Wildman–Crippen LogP) is 9.83. The number of rotatable bonds is 23. The summed E-state index contributed by atoms with van der Waals surface area (Å²) < 4.78 is 5.92. The van der Waals surface area contributed by atoms with Crippen molar-refractivity contribution in [2.75, 3.05) is 13.1 Å². The van der Waals surface area contributed by atoms with Crippen LogP contribution in [0.2, 0.25) is 5.02 Å². The molecule has 6 nitrogen and oxygen atoms in total. The maximum absolute atomic E-state index is 12.7. The first kappa shape index (κ1) is 40.8. The molecule has 0 aliphatic carbocycles. The molecule has 0 atom stereocenters. The lowest BCUT2D eigenvalue weighted by Crippen LogP contribution is -2.47. The summed E-state index contributed by atoms with van der Waals surface area (Å²) in [5.41, 5.74) is -0.0700. The Kier molecular flexibility index (Phi) is 20.5. The van der Waals surface area contributed by atoms with Crippen molar-refractivity contribution in [3.8, 4) is 5.75 Å². The minimum Gasteiger partial charge on any atom is -0.478 e. The van der Waals surface area contributed by atoms with Crippen molar-refractivity contribution in [1.29, 1.82) is 0 Å². The molecule has 0 radical (unpaired) electrons. The Hall–Kier alpha value is -4.42. The standard InChI is InChI=1S/C42H53ClN2O4/c1-4-5-6-7-8-9-10-11-12-13-14-15-16-17-18-19-20-21-22-24-39(46)44-33-23-34-45-41(48)42(2,3)49-38-31-27-36(28-32-38)40(47)35-25-29-37(43)30-26-35/h5-6,8-9,11-12,14-15,17-18,20-21,25-32H,4,7,10,13,16,19,22-24,33-34H2,1-3H3,(H,44,46)(H,45,48)/b6-5-,9-8-,12-11-,15-14-,18-17-,21-20-. The second kappa shape index (κ2) is 24.7. The van der Waals surface area contributed by atoms with E-state index in [0.717, 1.165) is 38.5 Å². The van der Waals surface area contributed by atoms with Crippen molar-refractivity contribution >= 4 is 29.2 Å². The molecule has 0 fully saturated rings. The normalized spacial score (nSPS) is 12.3. The van der Waals surface area contributed by atoms with E-state index in [2.05, 4.69) is 84.4 Å². The summed E-state index contributed by atoms with van der Waals surface area (Å²) in [6.07, 6.45) is 33.5. The van der Waals surface area contributed by atoms with Crippen LogP contribution in [-0.4, -0.2) is 36.3 Å². The summed E-state index contributed by atoms with van der Waals surface area (Å²) in [5.74, 6) is 0.0818. The predicted molar refractivity (Wildman–Crippen MR) is 204 cm³/mol. The summed E-state index contributed by atoms with van der Waals surface area (Å²) in [6, 6.07) is 13.4. The third kappa shape index (κ3) is 18.6. The highest BCUT2D eigenvalue weighted by molar-refractivity contribution is 6.30. The number of nitrogens with one attached hydrogen (secondary N) is 2. The van der Waals surface area contributed by atoms with E-state index < -0.39 is 5.60 Å². The maximum atomic E-state index is 12.7. The molecule has 0 bridgehead atoms. The number of hydrogen-bond donors (Lipinski definition) is 2. The van der Waals surface area contributed by atoms with Crippen molar-refractivity contribution in [3.63, 3.8) is 0 Å². The van der Waals surface area contributed by atoms with Crippen molar-refractivity contribution in [2.45, 2.75) is 84.2 Å². The van der Waals surface area contributed by atoms with E-state index >= 15 is 0 Å². The molecule has 0 aromatic heterocycles. The molecular weight excluding hydrogens is 632 g/mol. The van der Waals surface area contributed by atoms with Gasteiger partial charge in [0.2, 0.25) is 5.91 Å². The van der Waals surface area contributed by atoms with Crippen LogP contribution < -0.4 is 15.4 Å². The molecule has 2 aromatic carbocycles. The number of hydrogen-bond acceptors (Lipinski definition) is 4. The van der Waals surface area contributed by atoms with E-state index in [0.29, 0.717) is 54.3 Å². The highest BCUT2D eigenvalue weighted by Gasteiger charge is 2.29. The van der Waals surface area contributed by atoms with Gasteiger partial charge >= 0.3 is 0 Å². The third-order valence-electron chi connectivity index (χ3n) is 7.24. The molecule has 2 aromatic rings. The minimum absolute atomic E-state index is 0.00694. The molecule has 7 heteroatoms. The molecule has 2 N–H and O–H groups in total.